The molecule has 0 aliphatic carbocycles. The van der Waals surface area contributed by atoms with Crippen LogP contribution in [0.25, 0.3) is 0 Å². The van der Waals surface area contributed by atoms with E-state index in [1.54, 1.807) is 11.3 Å². The molecule has 0 saturated heterocycles. The largest absolute Gasteiger partial charge is 0.496 e. The Morgan fingerprint density at radius 2 is 2.43 bits per heavy atom. The summed E-state index contributed by atoms with van der Waals surface area (Å²) < 4.78 is 6.64. The molecule has 1 aromatic rings. The van der Waals surface area contributed by atoms with Crippen LogP contribution in [0.1, 0.15) is 24.4 Å². The number of hydrogen-bond donors (Lipinski definition) is 1. The summed E-state index contributed by atoms with van der Waals surface area (Å²) in [6.45, 7) is 0.796. The molecule has 0 saturated carbocycles. The molecule has 0 radical (unpaired) electrons. The smallest absolute Gasteiger partial charge is 0.113 e. The average molecular weight is 274 g/mol. The predicted octanol–water partition coefficient (Wildman–Crippen LogP) is 3.20. The molecule has 4 heteroatoms. The zero-order valence-corrected chi connectivity index (χ0v) is 10.1. The van der Waals surface area contributed by atoms with Crippen LogP contribution >= 0.6 is 27.3 Å². The number of thiophene rings is 1. The Bertz CT molecular complexity index is 348. The van der Waals surface area contributed by atoms with Crippen LogP contribution < -0.4 is 5.73 Å². The van der Waals surface area contributed by atoms with E-state index in [2.05, 4.69) is 27.4 Å². The molecular weight excluding hydrogens is 262 g/mol. The Morgan fingerprint density at radius 1 is 1.57 bits per heavy atom. The van der Waals surface area contributed by atoms with Crippen molar-refractivity contribution in [2.45, 2.75) is 18.9 Å². The maximum Gasteiger partial charge on any atom is 0.113 e. The normalized spacial score (nSPS) is 18.6. The van der Waals surface area contributed by atoms with Crippen LogP contribution in [-0.2, 0) is 4.74 Å². The first-order valence-corrected chi connectivity index (χ1v) is 6.27. The van der Waals surface area contributed by atoms with Crippen molar-refractivity contribution in [2.75, 3.05) is 6.61 Å². The molecule has 0 bridgehead atoms. The summed E-state index contributed by atoms with van der Waals surface area (Å²) in [5.74, 6) is 0.918. The lowest BCUT2D eigenvalue weighted by Gasteiger charge is -2.19. The summed E-state index contributed by atoms with van der Waals surface area (Å²) in [6, 6.07) is 1.95. The van der Waals surface area contributed by atoms with Gasteiger partial charge in [0.05, 0.1) is 16.4 Å². The highest BCUT2D eigenvalue weighted by molar-refractivity contribution is 9.11. The summed E-state index contributed by atoms with van der Waals surface area (Å²) in [5.41, 5.74) is 7.20. The van der Waals surface area contributed by atoms with E-state index in [1.165, 1.54) is 0 Å². The number of nitrogens with two attached hydrogens (primary N) is 1. The molecule has 14 heavy (non-hydrogen) atoms. The van der Waals surface area contributed by atoms with E-state index in [-0.39, 0.29) is 6.04 Å². The van der Waals surface area contributed by atoms with Crippen molar-refractivity contribution in [1.29, 1.82) is 0 Å². The summed E-state index contributed by atoms with van der Waals surface area (Å²) in [6.07, 6.45) is 4.28. The van der Waals surface area contributed by atoms with Crippen LogP contribution in [0, 0.1) is 0 Å². The molecular formula is C10H12BrNOS. The number of halogens is 1. The summed E-state index contributed by atoms with van der Waals surface area (Å²) in [5, 5.41) is 2.06. The first-order chi connectivity index (χ1) is 6.77. The van der Waals surface area contributed by atoms with Gasteiger partial charge < -0.3 is 10.5 Å². The van der Waals surface area contributed by atoms with Crippen LogP contribution in [0.15, 0.2) is 27.1 Å². The molecule has 2 N–H and O–H groups in total. The maximum absolute atomic E-state index is 6.08. The van der Waals surface area contributed by atoms with E-state index in [9.17, 15) is 0 Å². The molecule has 0 aromatic carbocycles. The van der Waals surface area contributed by atoms with Crippen LogP contribution in [-0.4, -0.2) is 6.61 Å². The molecule has 76 valence electrons. The zero-order chi connectivity index (χ0) is 9.97. The zero-order valence-electron chi connectivity index (χ0n) is 7.70. The fraction of sp³-hybridized carbons (Fsp3) is 0.400. The van der Waals surface area contributed by atoms with Crippen LogP contribution in [0.4, 0.5) is 0 Å². The van der Waals surface area contributed by atoms with Crippen LogP contribution in [0.5, 0.6) is 0 Å². The van der Waals surface area contributed by atoms with Crippen molar-refractivity contribution < 1.29 is 4.74 Å². The predicted molar refractivity (Wildman–Crippen MR) is 62.2 cm³/mol. The van der Waals surface area contributed by atoms with Crippen LogP contribution in [0.3, 0.4) is 0 Å². The summed E-state index contributed by atoms with van der Waals surface area (Å²) >= 11 is 5.08. The minimum Gasteiger partial charge on any atom is -0.496 e. The third-order valence-electron chi connectivity index (χ3n) is 2.22. The summed E-state index contributed by atoms with van der Waals surface area (Å²) in [4.78, 5) is 0. The van der Waals surface area contributed by atoms with E-state index in [0.717, 1.165) is 34.6 Å². The lowest BCUT2D eigenvalue weighted by molar-refractivity contribution is 0.176. The highest BCUT2D eigenvalue weighted by atomic mass is 79.9. The monoisotopic (exact) mass is 273 g/mol. The number of rotatable bonds is 2. The molecule has 1 unspecified atom stereocenters. The lowest BCUT2D eigenvalue weighted by Crippen LogP contribution is -2.17. The van der Waals surface area contributed by atoms with Crippen molar-refractivity contribution in [3.63, 3.8) is 0 Å². The second kappa shape index (κ2) is 4.47. The number of ether oxygens (including phenoxy) is 1. The Hall–Kier alpha value is -0.320. The Kier molecular flexibility index (Phi) is 3.26. The average Bonchev–Trinajstić information content (AvgIpc) is 2.65. The number of allylic oxidation sites excluding steroid dienone is 1. The molecule has 0 fully saturated rings. The molecule has 1 aliphatic rings. The van der Waals surface area contributed by atoms with Gasteiger partial charge in [-0.2, -0.15) is 0 Å². The quantitative estimate of drug-likeness (QED) is 0.898. The Labute approximate surface area is 95.9 Å². The minimum atomic E-state index is -0.0992. The Morgan fingerprint density at radius 3 is 3.00 bits per heavy atom. The van der Waals surface area contributed by atoms with Gasteiger partial charge in [0, 0.05) is 0 Å². The lowest BCUT2D eigenvalue weighted by atomic mass is 10.1. The first-order valence-electron chi connectivity index (χ1n) is 4.60. The van der Waals surface area contributed by atoms with Gasteiger partial charge in [-0.15, -0.1) is 11.3 Å². The van der Waals surface area contributed by atoms with Gasteiger partial charge >= 0.3 is 0 Å². The van der Waals surface area contributed by atoms with Gasteiger partial charge in [-0.3, -0.25) is 0 Å². The van der Waals surface area contributed by atoms with E-state index in [4.69, 9.17) is 10.5 Å². The van der Waals surface area contributed by atoms with Gasteiger partial charge in [0.15, 0.2) is 0 Å². The third-order valence-corrected chi connectivity index (χ3v) is 3.74. The van der Waals surface area contributed by atoms with Crippen molar-refractivity contribution in [2.24, 2.45) is 5.73 Å². The van der Waals surface area contributed by atoms with Crippen molar-refractivity contribution in [3.8, 4) is 0 Å². The van der Waals surface area contributed by atoms with Gasteiger partial charge in [0.1, 0.15) is 5.76 Å². The first kappa shape index (κ1) is 10.2. The minimum absolute atomic E-state index is 0.0992. The fourth-order valence-corrected chi connectivity index (χ4v) is 2.66. The molecule has 2 heterocycles. The summed E-state index contributed by atoms with van der Waals surface area (Å²) in [7, 11) is 0. The van der Waals surface area contributed by atoms with Crippen LogP contribution in [0.2, 0.25) is 0 Å². The van der Waals surface area contributed by atoms with Crippen molar-refractivity contribution in [3.05, 3.63) is 32.6 Å². The van der Waals surface area contributed by atoms with Gasteiger partial charge in [0.25, 0.3) is 0 Å². The van der Waals surface area contributed by atoms with Gasteiger partial charge in [-0.25, -0.2) is 0 Å². The molecule has 1 atom stereocenters. The standard InChI is InChI=1S/C10H12BrNOS/c11-9-5-7(6-14-9)10(12)8-3-1-2-4-13-8/h3,5-6,10H,1-2,4,12H2. The van der Waals surface area contributed by atoms with E-state index < -0.39 is 0 Å². The van der Waals surface area contributed by atoms with E-state index in [0.29, 0.717) is 0 Å². The second-order valence-corrected chi connectivity index (χ2v) is 5.55. The highest BCUT2D eigenvalue weighted by Crippen LogP contribution is 2.29. The topological polar surface area (TPSA) is 35.2 Å². The van der Waals surface area contributed by atoms with Gasteiger partial charge in [-0.1, -0.05) is 0 Å². The molecule has 1 aromatic heterocycles. The third kappa shape index (κ3) is 2.19. The SMILES string of the molecule is NC(C1=CCCCO1)c1csc(Br)c1. The molecule has 2 nitrogen and oxygen atoms in total. The molecule has 1 aliphatic heterocycles. The Balaban J connectivity index is 2.14. The molecule has 2 rings (SSSR count). The fourth-order valence-electron chi connectivity index (χ4n) is 1.44. The maximum atomic E-state index is 6.08. The highest BCUT2D eigenvalue weighted by Gasteiger charge is 2.16. The number of hydrogen-bond acceptors (Lipinski definition) is 3. The van der Waals surface area contributed by atoms with Gasteiger partial charge in [0.2, 0.25) is 0 Å². The molecule has 0 amide bonds. The van der Waals surface area contributed by atoms with Crippen molar-refractivity contribution in [1.82, 2.24) is 0 Å². The van der Waals surface area contributed by atoms with E-state index in [1.807, 2.05) is 6.07 Å². The van der Waals surface area contributed by atoms with Gasteiger partial charge in [-0.05, 0) is 51.9 Å². The molecule has 0 spiro atoms. The van der Waals surface area contributed by atoms with Crippen molar-refractivity contribution >= 4 is 27.3 Å². The van der Waals surface area contributed by atoms with E-state index >= 15 is 0 Å². The second-order valence-electron chi connectivity index (χ2n) is 3.26.